The predicted octanol–water partition coefficient (Wildman–Crippen LogP) is 3.32. The summed E-state index contributed by atoms with van der Waals surface area (Å²) < 4.78 is 0. The molecule has 6 heteroatoms. The molecule has 1 fully saturated rings. The van der Waals surface area contributed by atoms with Gasteiger partial charge in [0.05, 0.1) is 6.54 Å². The highest BCUT2D eigenvalue weighted by molar-refractivity contribution is 14.0. The average molecular weight is 472 g/mol. The van der Waals surface area contributed by atoms with Crippen molar-refractivity contribution in [2.45, 2.75) is 46.6 Å². The summed E-state index contributed by atoms with van der Waals surface area (Å²) in [5, 5.41) is 6.52. The van der Waals surface area contributed by atoms with E-state index in [0.717, 1.165) is 32.0 Å². The number of hydrogen-bond acceptors (Lipinski definition) is 2. The minimum absolute atomic E-state index is 0. The molecule has 26 heavy (non-hydrogen) atoms. The molecule has 0 bridgehead atoms. The Morgan fingerprint density at radius 2 is 2.15 bits per heavy atom. The van der Waals surface area contributed by atoms with Crippen molar-refractivity contribution in [3.8, 4) is 0 Å². The molecule has 1 aromatic carbocycles. The Kier molecular flexibility index (Phi) is 10.6. The lowest BCUT2D eigenvalue weighted by molar-refractivity contribution is -0.132. The zero-order valence-electron chi connectivity index (χ0n) is 16.3. The molecule has 1 heterocycles. The van der Waals surface area contributed by atoms with Gasteiger partial charge in [0.15, 0.2) is 5.96 Å². The van der Waals surface area contributed by atoms with Crippen LogP contribution in [0.25, 0.3) is 0 Å². The van der Waals surface area contributed by atoms with Crippen molar-refractivity contribution in [2.24, 2.45) is 10.9 Å². The number of aliphatic imine (C=N–C) groups is 1. The van der Waals surface area contributed by atoms with Crippen LogP contribution in [0.5, 0.6) is 0 Å². The molecule has 1 aromatic rings. The highest BCUT2D eigenvalue weighted by Gasteiger charge is 2.20. The number of carbonyl (C=O) groups is 1. The van der Waals surface area contributed by atoms with E-state index in [2.05, 4.69) is 53.7 Å². The SMILES string of the molecule is CCNC(=NCc1cccc(C)c1)NCCC(=O)N1CCCC(C)C1.I. The van der Waals surface area contributed by atoms with Crippen LogP contribution in [0.2, 0.25) is 0 Å². The van der Waals surface area contributed by atoms with Gasteiger partial charge in [-0.3, -0.25) is 4.79 Å². The lowest BCUT2D eigenvalue weighted by atomic mass is 10.00. The van der Waals surface area contributed by atoms with Crippen LogP contribution < -0.4 is 10.6 Å². The summed E-state index contributed by atoms with van der Waals surface area (Å²) in [6, 6.07) is 8.37. The van der Waals surface area contributed by atoms with Gasteiger partial charge in [-0.15, -0.1) is 24.0 Å². The first kappa shape index (κ1) is 22.7. The fourth-order valence-electron chi connectivity index (χ4n) is 3.18. The van der Waals surface area contributed by atoms with Gasteiger partial charge in [-0.1, -0.05) is 36.8 Å². The van der Waals surface area contributed by atoms with Gasteiger partial charge < -0.3 is 15.5 Å². The van der Waals surface area contributed by atoms with Crippen molar-refractivity contribution < 1.29 is 4.79 Å². The molecule has 0 spiro atoms. The Labute approximate surface area is 175 Å². The van der Waals surface area contributed by atoms with Crippen molar-refractivity contribution in [1.29, 1.82) is 0 Å². The summed E-state index contributed by atoms with van der Waals surface area (Å²) in [5.41, 5.74) is 2.43. The highest BCUT2D eigenvalue weighted by atomic mass is 127. The number of halogens is 1. The van der Waals surface area contributed by atoms with Crippen LogP contribution in [0, 0.1) is 12.8 Å². The smallest absolute Gasteiger partial charge is 0.224 e. The zero-order chi connectivity index (χ0) is 18.1. The number of likely N-dealkylation sites (tertiary alicyclic amines) is 1. The lowest BCUT2D eigenvalue weighted by Gasteiger charge is -2.31. The lowest BCUT2D eigenvalue weighted by Crippen LogP contribution is -2.42. The third kappa shape index (κ3) is 7.93. The van der Waals surface area contributed by atoms with E-state index in [4.69, 9.17) is 0 Å². The largest absolute Gasteiger partial charge is 0.357 e. The molecule has 1 aliphatic rings. The second-order valence-corrected chi connectivity index (χ2v) is 6.95. The number of piperidine rings is 1. The Hall–Kier alpha value is -1.31. The highest BCUT2D eigenvalue weighted by Crippen LogP contribution is 2.15. The van der Waals surface area contributed by atoms with Crippen molar-refractivity contribution in [3.05, 3.63) is 35.4 Å². The van der Waals surface area contributed by atoms with Gasteiger partial charge in [0.1, 0.15) is 0 Å². The maximum absolute atomic E-state index is 12.3. The van der Waals surface area contributed by atoms with Crippen molar-refractivity contribution >= 4 is 35.8 Å². The minimum Gasteiger partial charge on any atom is -0.357 e. The maximum Gasteiger partial charge on any atom is 0.224 e. The number of benzene rings is 1. The van der Waals surface area contributed by atoms with Crippen molar-refractivity contribution in [2.75, 3.05) is 26.2 Å². The summed E-state index contributed by atoms with van der Waals surface area (Å²) in [4.78, 5) is 18.9. The Morgan fingerprint density at radius 3 is 2.85 bits per heavy atom. The number of guanidine groups is 1. The number of nitrogens with zero attached hydrogens (tertiary/aromatic N) is 2. The second-order valence-electron chi connectivity index (χ2n) is 6.95. The number of hydrogen-bond donors (Lipinski definition) is 2. The molecule has 1 aliphatic heterocycles. The molecule has 1 amide bonds. The van der Waals surface area contributed by atoms with E-state index in [1.54, 1.807) is 0 Å². The van der Waals surface area contributed by atoms with Crippen molar-refractivity contribution in [1.82, 2.24) is 15.5 Å². The topological polar surface area (TPSA) is 56.7 Å². The van der Waals surface area contributed by atoms with Gasteiger partial charge in [0.25, 0.3) is 0 Å². The van der Waals surface area contributed by atoms with Gasteiger partial charge in [-0.25, -0.2) is 4.99 Å². The molecule has 0 saturated carbocycles. The van der Waals surface area contributed by atoms with Crippen LogP contribution in [0.1, 0.15) is 44.2 Å². The van der Waals surface area contributed by atoms with E-state index >= 15 is 0 Å². The van der Waals surface area contributed by atoms with Crippen LogP contribution in [0.4, 0.5) is 0 Å². The van der Waals surface area contributed by atoms with Crippen LogP contribution in [-0.4, -0.2) is 42.9 Å². The van der Waals surface area contributed by atoms with Crippen LogP contribution >= 0.6 is 24.0 Å². The second kappa shape index (κ2) is 12.1. The third-order valence-corrected chi connectivity index (χ3v) is 4.49. The molecule has 0 aliphatic carbocycles. The van der Waals surface area contributed by atoms with Gasteiger partial charge in [0.2, 0.25) is 5.91 Å². The summed E-state index contributed by atoms with van der Waals surface area (Å²) in [6.07, 6.45) is 2.88. The van der Waals surface area contributed by atoms with Gasteiger partial charge in [-0.2, -0.15) is 0 Å². The summed E-state index contributed by atoms with van der Waals surface area (Å²) in [5.74, 6) is 1.64. The van der Waals surface area contributed by atoms with Crippen molar-refractivity contribution in [3.63, 3.8) is 0 Å². The van der Waals surface area contributed by atoms with Crippen LogP contribution in [0.3, 0.4) is 0 Å². The Morgan fingerprint density at radius 1 is 1.35 bits per heavy atom. The first-order valence-corrected chi connectivity index (χ1v) is 9.44. The predicted molar refractivity (Wildman–Crippen MR) is 119 cm³/mol. The number of rotatable bonds is 6. The fourth-order valence-corrected chi connectivity index (χ4v) is 3.18. The summed E-state index contributed by atoms with van der Waals surface area (Å²) in [6.45, 7) is 10.2. The molecule has 1 atom stereocenters. The van der Waals surface area contributed by atoms with Gasteiger partial charge in [-0.05, 0) is 38.2 Å². The van der Waals surface area contributed by atoms with E-state index < -0.39 is 0 Å². The van der Waals surface area contributed by atoms with E-state index in [9.17, 15) is 4.79 Å². The molecule has 1 unspecified atom stereocenters. The molecule has 2 rings (SSSR count). The normalized spacial score (nSPS) is 17.4. The molecule has 0 radical (unpaired) electrons. The Bertz CT molecular complexity index is 591. The van der Waals surface area contributed by atoms with E-state index in [-0.39, 0.29) is 29.9 Å². The molecular weight excluding hydrogens is 439 g/mol. The molecule has 5 nitrogen and oxygen atoms in total. The number of aryl methyl sites for hydroxylation is 1. The standard InChI is InChI=1S/C20H32N4O.HI/c1-4-21-20(23-14-18-9-5-7-16(2)13-18)22-11-10-19(25)24-12-6-8-17(3)15-24;/h5,7,9,13,17H,4,6,8,10-12,14-15H2,1-3H3,(H2,21,22,23);1H. The monoisotopic (exact) mass is 472 g/mol. The molecule has 1 saturated heterocycles. The maximum atomic E-state index is 12.3. The third-order valence-electron chi connectivity index (χ3n) is 4.49. The van der Waals surface area contributed by atoms with Gasteiger partial charge in [0, 0.05) is 32.6 Å². The fraction of sp³-hybridized carbons (Fsp3) is 0.600. The first-order valence-electron chi connectivity index (χ1n) is 9.44. The molecule has 146 valence electrons. The van der Waals surface area contributed by atoms with E-state index in [1.807, 2.05) is 11.8 Å². The number of carbonyl (C=O) groups excluding carboxylic acids is 1. The molecular formula is C20H33IN4O. The summed E-state index contributed by atoms with van der Waals surface area (Å²) in [7, 11) is 0. The number of amides is 1. The molecule has 2 N–H and O–H groups in total. The summed E-state index contributed by atoms with van der Waals surface area (Å²) >= 11 is 0. The minimum atomic E-state index is 0. The first-order chi connectivity index (χ1) is 12.1. The Balaban J connectivity index is 0.00000338. The number of nitrogens with one attached hydrogen (secondary N) is 2. The van der Waals surface area contributed by atoms with Crippen LogP contribution in [-0.2, 0) is 11.3 Å². The molecule has 0 aromatic heterocycles. The van der Waals surface area contributed by atoms with Crippen LogP contribution in [0.15, 0.2) is 29.3 Å². The quantitative estimate of drug-likeness (QED) is 0.380. The zero-order valence-corrected chi connectivity index (χ0v) is 18.6. The van der Waals surface area contributed by atoms with E-state index in [0.29, 0.717) is 25.4 Å². The van der Waals surface area contributed by atoms with E-state index in [1.165, 1.54) is 17.5 Å². The average Bonchev–Trinajstić information content (AvgIpc) is 2.59. The van der Waals surface area contributed by atoms with Gasteiger partial charge >= 0.3 is 0 Å².